The smallest absolute Gasteiger partial charge is 0.242 e. The number of rotatable bonds is 1. The molecule has 0 aromatic heterocycles. The van der Waals surface area contributed by atoms with Crippen LogP contribution in [0.5, 0.6) is 11.5 Å². The van der Waals surface area contributed by atoms with E-state index in [1.54, 1.807) is 26.0 Å². The highest BCUT2D eigenvalue weighted by Crippen LogP contribution is 2.41. The Morgan fingerprint density at radius 2 is 2.00 bits per heavy atom. The summed E-state index contributed by atoms with van der Waals surface area (Å²) in [6, 6.07) is 3.31. The zero-order valence-corrected chi connectivity index (χ0v) is 9.17. The lowest BCUT2D eigenvalue weighted by Gasteiger charge is -2.06. The van der Waals surface area contributed by atoms with Gasteiger partial charge in [-0.1, -0.05) is 6.07 Å². The lowest BCUT2D eigenvalue weighted by atomic mass is 10.2. The summed E-state index contributed by atoms with van der Waals surface area (Å²) in [7, 11) is -3.79. The SMILES string of the molecule is Cc1ccc2c(c1S(N)(=O)=O)OC(C)O2. The molecule has 6 heteroatoms. The normalized spacial score (nSPS) is 19.3. The molecule has 0 saturated heterocycles. The number of fused-ring (bicyclic) bond motifs is 1. The molecule has 82 valence electrons. The molecule has 1 aromatic carbocycles. The molecule has 2 N–H and O–H groups in total. The molecule has 0 radical (unpaired) electrons. The molecule has 0 aliphatic carbocycles. The minimum atomic E-state index is -3.79. The molecule has 1 heterocycles. The molecule has 0 amide bonds. The van der Waals surface area contributed by atoms with E-state index in [1.807, 2.05) is 0 Å². The molecule has 0 fully saturated rings. The highest BCUT2D eigenvalue weighted by molar-refractivity contribution is 7.89. The van der Waals surface area contributed by atoms with Crippen LogP contribution in [0.1, 0.15) is 12.5 Å². The molecule has 0 saturated carbocycles. The summed E-state index contributed by atoms with van der Waals surface area (Å²) in [4.78, 5) is 0.00403. The van der Waals surface area contributed by atoms with Crippen LogP contribution in [0, 0.1) is 6.92 Å². The molecule has 1 aliphatic rings. The molecule has 1 aromatic rings. The van der Waals surface area contributed by atoms with Gasteiger partial charge in [0.25, 0.3) is 0 Å². The van der Waals surface area contributed by atoms with E-state index in [2.05, 4.69) is 0 Å². The summed E-state index contributed by atoms with van der Waals surface area (Å²) in [5, 5.41) is 5.11. The van der Waals surface area contributed by atoms with Crippen LogP contribution in [0.2, 0.25) is 0 Å². The fourth-order valence-electron chi connectivity index (χ4n) is 1.57. The van der Waals surface area contributed by atoms with Crippen molar-refractivity contribution >= 4 is 10.0 Å². The van der Waals surface area contributed by atoms with Crippen molar-refractivity contribution in [2.45, 2.75) is 25.0 Å². The Morgan fingerprint density at radius 3 is 2.60 bits per heavy atom. The van der Waals surface area contributed by atoms with Gasteiger partial charge in [0.05, 0.1) is 0 Å². The largest absolute Gasteiger partial charge is 0.451 e. The van der Waals surface area contributed by atoms with E-state index in [0.29, 0.717) is 11.3 Å². The van der Waals surface area contributed by atoms with Crippen LogP contribution in [0.25, 0.3) is 0 Å². The van der Waals surface area contributed by atoms with Gasteiger partial charge >= 0.3 is 0 Å². The average molecular weight is 229 g/mol. The lowest BCUT2D eigenvalue weighted by Crippen LogP contribution is -2.16. The van der Waals surface area contributed by atoms with E-state index in [4.69, 9.17) is 14.6 Å². The second kappa shape index (κ2) is 3.11. The average Bonchev–Trinajstić information content (AvgIpc) is 2.41. The predicted molar refractivity (Wildman–Crippen MR) is 53.3 cm³/mol. The molecule has 1 atom stereocenters. The molecular formula is C9H11NO4S. The van der Waals surface area contributed by atoms with Gasteiger partial charge in [-0.3, -0.25) is 0 Å². The maximum absolute atomic E-state index is 11.4. The van der Waals surface area contributed by atoms with Crippen molar-refractivity contribution in [3.8, 4) is 11.5 Å². The highest BCUT2D eigenvalue weighted by Gasteiger charge is 2.29. The van der Waals surface area contributed by atoms with Gasteiger partial charge in [-0.2, -0.15) is 0 Å². The van der Waals surface area contributed by atoms with Crippen LogP contribution in [0.3, 0.4) is 0 Å². The van der Waals surface area contributed by atoms with Crippen LogP contribution >= 0.6 is 0 Å². The van der Waals surface area contributed by atoms with Gasteiger partial charge in [0.2, 0.25) is 16.3 Å². The van der Waals surface area contributed by atoms with Gasteiger partial charge in [0, 0.05) is 6.92 Å². The first-order chi connectivity index (χ1) is 6.89. The molecule has 2 rings (SSSR count). The molecule has 15 heavy (non-hydrogen) atoms. The van der Waals surface area contributed by atoms with Gasteiger partial charge < -0.3 is 9.47 Å². The van der Waals surface area contributed by atoms with Crippen LogP contribution in [0.15, 0.2) is 17.0 Å². The number of sulfonamides is 1. The van der Waals surface area contributed by atoms with Crippen molar-refractivity contribution in [1.29, 1.82) is 0 Å². The third-order valence-electron chi connectivity index (χ3n) is 2.13. The summed E-state index contributed by atoms with van der Waals surface area (Å²) >= 11 is 0. The topological polar surface area (TPSA) is 78.6 Å². The molecule has 1 aliphatic heterocycles. The highest BCUT2D eigenvalue weighted by atomic mass is 32.2. The molecule has 1 unspecified atom stereocenters. The standard InChI is InChI=1S/C9H11NO4S/c1-5-3-4-7-8(14-6(2)13-7)9(5)15(10,11)12/h3-4,6H,1-2H3,(H2,10,11,12). The quantitative estimate of drug-likeness (QED) is 0.771. The van der Waals surface area contributed by atoms with Crippen molar-refractivity contribution in [2.24, 2.45) is 5.14 Å². The lowest BCUT2D eigenvalue weighted by molar-refractivity contribution is 0.0664. The van der Waals surface area contributed by atoms with Gasteiger partial charge in [0.15, 0.2) is 11.5 Å². The van der Waals surface area contributed by atoms with Crippen LogP contribution in [-0.2, 0) is 10.0 Å². The molecule has 5 nitrogen and oxygen atoms in total. The Kier molecular flexibility index (Phi) is 2.13. The summed E-state index contributed by atoms with van der Waals surface area (Å²) in [6.45, 7) is 3.34. The summed E-state index contributed by atoms with van der Waals surface area (Å²) in [5.41, 5.74) is 0.550. The van der Waals surface area contributed by atoms with Gasteiger partial charge in [-0.15, -0.1) is 0 Å². The molecule has 0 spiro atoms. The minimum Gasteiger partial charge on any atom is -0.451 e. The summed E-state index contributed by atoms with van der Waals surface area (Å²) < 4.78 is 33.2. The number of nitrogens with two attached hydrogens (primary N) is 1. The third-order valence-corrected chi connectivity index (χ3v) is 3.21. The van der Waals surface area contributed by atoms with Gasteiger partial charge in [-0.05, 0) is 18.6 Å². The van der Waals surface area contributed by atoms with Crippen molar-refractivity contribution in [3.63, 3.8) is 0 Å². The van der Waals surface area contributed by atoms with Crippen molar-refractivity contribution in [1.82, 2.24) is 0 Å². The Morgan fingerprint density at radius 1 is 1.33 bits per heavy atom. The Hall–Kier alpha value is -1.27. The van der Waals surface area contributed by atoms with Gasteiger partial charge in [0.1, 0.15) is 4.90 Å². The summed E-state index contributed by atoms with van der Waals surface area (Å²) in [5.74, 6) is 0.627. The third kappa shape index (κ3) is 1.66. The molecular weight excluding hydrogens is 218 g/mol. The minimum absolute atomic E-state index is 0.00403. The van der Waals surface area contributed by atoms with E-state index in [-0.39, 0.29) is 10.6 Å². The number of aryl methyl sites for hydroxylation is 1. The Bertz CT molecular complexity index is 509. The van der Waals surface area contributed by atoms with Crippen LogP contribution in [-0.4, -0.2) is 14.7 Å². The number of ether oxygens (including phenoxy) is 2. The first-order valence-corrected chi connectivity index (χ1v) is 5.94. The number of hydrogen-bond acceptors (Lipinski definition) is 4. The number of hydrogen-bond donors (Lipinski definition) is 1. The predicted octanol–water partition coefficient (Wildman–Crippen LogP) is 0.760. The van der Waals surface area contributed by atoms with E-state index in [0.717, 1.165) is 0 Å². The zero-order valence-electron chi connectivity index (χ0n) is 8.35. The van der Waals surface area contributed by atoms with Crippen molar-refractivity contribution in [2.75, 3.05) is 0 Å². The molecule has 0 bridgehead atoms. The summed E-state index contributed by atoms with van der Waals surface area (Å²) in [6.07, 6.45) is -0.484. The maximum atomic E-state index is 11.4. The fourth-order valence-corrected chi connectivity index (χ4v) is 2.49. The first-order valence-electron chi connectivity index (χ1n) is 4.39. The number of primary sulfonamides is 1. The first kappa shape index (κ1) is 10.3. The zero-order chi connectivity index (χ0) is 11.2. The Labute approximate surface area is 87.8 Å². The maximum Gasteiger partial charge on any atom is 0.242 e. The van der Waals surface area contributed by atoms with E-state index >= 15 is 0 Å². The van der Waals surface area contributed by atoms with Crippen molar-refractivity contribution < 1.29 is 17.9 Å². The second-order valence-electron chi connectivity index (χ2n) is 3.39. The Balaban J connectivity index is 2.71. The van der Waals surface area contributed by atoms with Crippen LogP contribution in [0.4, 0.5) is 0 Å². The van der Waals surface area contributed by atoms with Crippen molar-refractivity contribution in [3.05, 3.63) is 17.7 Å². The van der Waals surface area contributed by atoms with Crippen LogP contribution < -0.4 is 14.6 Å². The number of benzene rings is 1. The second-order valence-corrected chi connectivity index (χ2v) is 4.89. The van der Waals surface area contributed by atoms with E-state index < -0.39 is 16.3 Å². The monoisotopic (exact) mass is 229 g/mol. The fraction of sp³-hybridized carbons (Fsp3) is 0.333. The van der Waals surface area contributed by atoms with E-state index in [9.17, 15) is 8.42 Å². The van der Waals surface area contributed by atoms with Gasteiger partial charge in [-0.25, -0.2) is 13.6 Å². The van der Waals surface area contributed by atoms with E-state index in [1.165, 1.54) is 0 Å².